The molecule has 0 spiro atoms. The minimum absolute atomic E-state index is 0.136. The number of hydrogen-bond acceptors (Lipinski definition) is 2. The zero-order valence-electron chi connectivity index (χ0n) is 15.0. The van der Waals surface area contributed by atoms with Gasteiger partial charge in [0.25, 0.3) is 0 Å². The Morgan fingerprint density at radius 1 is 1.00 bits per heavy atom. The second kappa shape index (κ2) is 6.76. The van der Waals surface area contributed by atoms with E-state index in [1.54, 1.807) is 10.7 Å². The molecule has 1 aliphatic rings. The smallest absolute Gasteiger partial charge is 0.370 e. The maximum atomic E-state index is 13.6. The second-order valence-electron chi connectivity index (χ2n) is 6.80. The molecule has 0 amide bonds. The molecule has 6 heteroatoms. The number of aryl methyl sites for hydroxylation is 1. The number of para-hydroxylation sites is 1. The Kier molecular flexibility index (Phi) is 4.42. The largest absolute Gasteiger partial charge is 0.417 e. The molecule has 4 rings (SSSR count). The summed E-state index contributed by atoms with van der Waals surface area (Å²) in [6.45, 7) is 2.76. The summed E-state index contributed by atoms with van der Waals surface area (Å²) in [5, 5.41) is 8.05. The van der Waals surface area contributed by atoms with Gasteiger partial charge in [0.05, 0.1) is 16.9 Å². The summed E-state index contributed by atoms with van der Waals surface area (Å²) < 4.78 is 42.5. The van der Waals surface area contributed by atoms with Crippen LogP contribution in [0.4, 0.5) is 19.0 Å². The minimum atomic E-state index is -4.42. The highest BCUT2D eigenvalue weighted by Gasteiger charge is 2.35. The Bertz CT molecular complexity index is 973. The topological polar surface area (TPSA) is 29.9 Å². The van der Waals surface area contributed by atoms with Crippen LogP contribution in [-0.4, -0.2) is 16.3 Å². The quantitative estimate of drug-likeness (QED) is 0.634. The Morgan fingerprint density at radius 3 is 2.52 bits per heavy atom. The van der Waals surface area contributed by atoms with Crippen molar-refractivity contribution in [1.29, 1.82) is 0 Å². The zero-order valence-corrected chi connectivity index (χ0v) is 15.0. The molecule has 3 aromatic rings. The standard InChI is InChI=1S/C21H20F3N3/c1-14-8-2-5-12-18(14)27-20-16(10-6-7-13-25-20)19(26-27)15-9-3-4-11-17(15)21(22,23)24/h2-5,8-9,11-12,25H,6-7,10,13H2,1H3. The van der Waals surface area contributed by atoms with Crippen molar-refractivity contribution < 1.29 is 13.2 Å². The summed E-state index contributed by atoms with van der Waals surface area (Å²) in [7, 11) is 0. The number of anilines is 1. The molecule has 0 saturated carbocycles. The summed E-state index contributed by atoms with van der Waals surface area (Å²) >= 11 is 0. The zero-order chi connectivity index (χ0) is 19.0. The van der Waals surface area contributed by atoms with Crippen molar-refractivity contribution in [3.8, 4) is 16.9 Å². The Balaban J connectivity index is 1.98. The first kappa shape index (κ1) is 17.6. The minimum Gasteiger partial charge on any atom is -0.370 e. The lowest BCUT2D eigenvalue weighted by Crippen LogP contribution is -2.08. The maximum absolute atomic E-state index is 13.6. The summed E-state index contributed by atoms with van der Waals surface area (Å²) in [5.41, 5.74) is 2.65. The summed E-state index contributed by atoms with van der Waals surface area (Å²) in [6, 6.07) is 13.5. The molecule has 3 nitrogen and oxygen atoms in total. The van der Waals surface area contributed by atoms with Crippen molar-refractivity contribution >= 4 is 5.82 Å². The van der Waals surface area contributed by atoms with Crippen molar-refractivity contribution in [3.63, 3.8) is 0 Å². The van der Waals surface area contributed by atoms with E-state index >= 15 is 0 Å². The molecule has 1 aliphatic heterocycles. The fraction of sp³-hybridized carbons (Fsp3) is 0.286. The molecule has 27 heavy (non-hydrogen) atoms. The molecule has 1 N–H and O–H groups in total. The fourth-order valence-corrected chi connectivity index (χ4v) is 3.63. The molecule has 0 fully saturated rings. The molecular weight excluding hydrogens is 351 g/mol. The highest BCUT2D eigenvalue weighted by molar-refractivity contribution is 5.74. The average Bonchev–Trinajstić information content (AvgIpc) is 2.83. The first-order chi connectivity index (χ1) is 13.0. The molecule has 140 valence electrons. The van der Waals surface area contributed by atoms with Crippen LogP contribution in [0.2, 0.25) is 0 Å². The number of nitrogens with zero attached hydrogens (tertiary/aromatic N) is 2. The average molecular weight is 371 g/mol. The second-order valence-corrected chi connectivity index (χ2v) is 6.80. The van der Waals surface area contributed by atoms with Gasteiger partial charge in [-0.05, 0) is 43.9 Å². The van der Waals surface area contributed by atoms with Gasteiger partial charge in [0.1, 0.15) is 5.82 Å². The van der Waals surface area contributed by atoms with E-state index in [9.17, 15) is 13.2 Å². The summed E-state index contributed by atoms with van der Waals surface area (Å²) in [5.74, 6) is 0.800. The van der Waals surface area contributed by atoms with Crippen LogP contribution in [0.15, 0.2) is 48.5 Å². The number of aromatic nitrogens is 2. The molecular formula is C21H20F3N3. The van der Waals surface area contributed by atoms with Gasteiger partial charge < -0.3 is 5.32 Å². The number of fused-ring (bicyclic) bond motifs is 1. The molecule has 2 aromatic carbocycles. The van der Waals surface area contributed by atoms with Gasteiger partial charge in [-0.3, -0.25) is 0 Å². The van der Waals surface area contributed by atoms with Crippen LogP contribution in [0, 0.1) is 6.92 Å². The fourth-order valence-electron chi connectivity index (χ4n) is 3.63. The van der Waals surface area contributed by atoms with Crippen molar-refractivity contribution in [1.82, 2.24) is 9.78 Å². The highest BCUT2D eigenvalue weighted by atomic mass is 19.4. The third-order valence-corrected chi connectivity index (χ3v) is 4.96. The van der Waals surface area contributed by atoms with Crippen LogP contribution in [-0.2, 0) is 12.6 Å². The third-order valence-electron chi connectivity index (χ3n) is 4.96. The summed E-state index contributed by atoms with van der Waals surface area (Å²) in [4.78, 5) is 0. The number of benzene rings is 2. The highest BCUT2D eigenvalue weighted by Crippen LogP contribution is 2.41. The van der Waals surface area contributed by atoms with Crippen LogP contribution in [0.3, 0.4) is 0 Å². The van der Waals surface area contributed by atoms with E-state index in [0.29, 0.717) is 12.1 Å². The van der Waals surface area contributed by atoms with Gasteiger partial charge in [-0.1, -0.05) is 36.4 Å². The molecule has 1 aromatic heterocycles. The monoisotopic (exact) mass is 371 g/mol. The number of hydrogen-bond donors (Lipinski definition) is 1. The van der Waals surface area contributed by atoms with E-state index in [0.717, 1.165) is 48.1 Å². The predicted octanol–water partition coefficient (Wildman–Crippen LogP) is 5.61. The van der Waals surface area contributed by atoms with Crippen molar-refractivity contribution in [3.05, 3.63) is 65.2 Å². The molecule has 2 heterocycles. The van der Waals surface area contributed by atoms with Crippen molar-refractivity contribution in [2.45, 2.75) is 32.4 Å². The number of nitrogens with one attached hydrogen (secondary N) is 1. The van der Waals surface area contributed by atoms with Crippen LogP contribution in [0.5, 0.6) is 0 Å². The number of alkyl halides is 3. The van der Waals surface area contributed by atoms with Crippen LogP contribution in [0.25, 0.3) is 16.9 Å². The maximum Gasteiger partial charge on any atom is 0.417 e. The van der Waals surface area contributed by atoms with E-state index < -0.39 is 11.7 Å². The Labute approximate surface area is 155 Å². The number of halogens is 3. The van der Waals surface area contributed by atoms with Gasteiger partial charge in [0.2, 0.25) is 0 Å². The van der Waals surface area contributed by atoms with E-state index in [2.05, 4.69) is 10.4 Å². The Hall–Kier alpha value is -2.76. The van der Waals surface area contributed by atoms with E-state index in [4.69, 9.17) is 0 Å². The van der Waals surface area contributed by atoms with E-state index in [-0.39, 0.29) is 5.56 Å². The Morgan fingerprint density at radius 2 is 1.74 bits per heavy atom. The first-order valence-corrected chi connectivity index (χ1v) is 9.05. The van der Waals surface area contributed by atoms with Gasteiger partial charge in [-0.2, -0.15) is 18.3 Å². The lowest BCUT2D eigenvalue weighted by atomic mass is 9.99. The van der Waals surface area contributed by atoms with E-state index in [1.807, 2.05) is 31.2 Å². The molecule has 0 unspecified atom stereocenters. The first-order valence-electron chi connectivity index (χ1n) is 9.05. The van der Waals surface area contributed by atoms with Gasteiger partial charge >= 0.3 is 6.18 Å². The van der Waals surface area contributed by atoms with Crippen molar-refractivity contribution in [2.75, 3.05) is 11.9 Å². The lowest BCUT2D eigenvalue weighted by molar-refractivity contribution is -0.137. The van der Waals surface area contributed by atoms with Gasteiger partial charge in [-0.25, -0.2) is 4.68 Å². The molecule has 0 bridgehead atoms. The number of rotatable bonds is 2. The summed E-state index contributed by atoms with van der Waals surface area (Å²) in [6.07, 6.45) is -1.83. The molecule has 0 saturated heterocycles. The normalized spacial score (nSPS) is 14.4. The van der Waals surface area contributed by atoms with Crippen molar-refractivity contribution in [2.24, 2.45) is 0 Å². The van der Waals surface area contributed by atoms with Gasteiger partial charge in [-0.15, -0.1) is 0 Å². The third kappa shape index (κ3) is 3.20. The molecule has 0 aliphatic carbocycles. The van der Waals surface area contributed by atoms with E-state index in [1.165, 1.54) is 12.1 Å². The molecule has 0 radical (unpaired) electrons. The SMILES string of the molecule is Cc1ccccc1-n1nc(-c2ccccc2C(F)(F)F)c2c1NCCCC2. The lowest BCUT2D eigenvalue weighted by Gasteiger charge is -2.12. The van der Waals surface area contributed by atoms with Crippen LogP contribution < -0.4 is 5.32 Å². The van der Waals surface area contributed by atoms with Crippen LogP contribution >= 0.6 is 0 Å². The van der Waals surface area contributed by atoms with Gasteiger partial charge in [0, 0.05) is 17.7 Å². The predicted molar refractivity (Wildman–Crippen MR) is 100 cm³/mol. The van der Waals surface area contributed by atoms with Crippen LogP contribution in [0.1, 0.15) is 29.5 Å². The molecule has 0 atom stereocenters. The van der Waals surface area contributed by atoms with Gasteiger partial charge in [0.15, 0.2) is 0 Å².